The van der Waals surface area contributed by atoms with E-state index in [1.165, 1.54) is 6.07 Å². The minimum atomic E-state index is -2.06. The predicted molar refractivity (Wildman–Crippen MR) is 82.3 cm³/mol. The molecule has 7 nitrogen and oxygen atoms in total. The molecule has 0 spiro atoms. The molecule has 118 valence electrons. The third-order valence-corrected chi connectivity index (χ3v) is 3.26. The topological polar surface area (TPSA) is 113 Å². The van der Waals surface area contributed by atoms with Crippen LogP contribution in [0.25, 0.3) is 0 Å². The lowest BCUT2D eigenvalue weighted by Crippen LogP contribution is -2.33. The summed E-state index contributed by atoms with van der Waals surface area (Å²) < 4.78 is 13.4. The highest BCUT2D eigenvalue weighted by molar-refractivity contribution is 6.58. The molecule has 0 aliphatic carbocycles. The highest BCUT2D eigenvalue weighted by atomic mass is 35.5. The van der Waals surface area contributed by atoms with Gasteiger partial charge in [-0.05, 0) is 24.3 Å². The number of nitro groups is 1. The number of hydrogen-bond acceptors (Lipinski definition) is 5. The lowest BCUT2D eigenvalue weighted by atomic mass is 9.79. The number of hydrogen-bond donors (Lipinski definition) is 3. The maximum atomic E-state index is 13.4. The second kappa shape index (κ2) is 6.74. The molecule has 0 saturated heterocycles. The van der Waals surface area contributed by atoms with Crippen LogP contribution in [0.1, 0.15) is 10.4 Å². The first-order valence-electron chi connectivity index (χ1n) is 6.20. The molecule has 0 saturated carbocycles. The van der Waals surface area contributed by atoms with Gasteiger partial charge in [0.25, 0.3) is 11.6 Å². The molecular formula is C13H9BClFN2O5. The van der Waals surface area contributed by atoms with Gasteiger partial charge in [-0.1, -0.05) is 11.6 Å². The molecule has 0 bridgehead atoms. The Balaban J connectivity index is 2.26. The van der Waals surface area contributed by atoms with Gasteiger partial charge in [-0.2, -0.15) is 0 Å². The number of halogens is 2. The number of carbonyl (C=O) groups is 1. The first-order chi connectivity index (χ1) is 10.8. The zero-order valence-corrected chi connectivity index (χ0v) is 12.1. The molecular weight excluding hydrogens is 329 g/mol. The van der Waals surface area contributed by atoms with Crippen LogP contribution in [0.3, 0.4) is 0 Å². The Kier molecular flexibility index (Phi) is 4.94. The van der Waals surface area contributed by atoms with E-state index < -0.39 is 29.2 Å². The maximum Gasteiger partial charge on any atom is 0.491 e. The fourth-order valence-corrected chi connectivity index (χ4v) is 2.02. The fraction of sp³-hybridized carbons (Fsp3) is 0. The number of non-ortho nitro benzene ring substituents is 1. The third kappa shape index (κ3) is 3.83. The Hall–Kier alpha value is -2.49. The Morgan fingerprint density at radius 1 is 1.26 bits per heavy atom. The van der Waals surface area contributed by atoms with E-state index in [-0.39, 0.29) is 22.0 Å². The van der Waals surface area contributed by atoms with Crippen LogP contribution in [0, 0.1) is 15.9 Å². The first kappa shape index (κ1) is 16.9. The van der Waals surface area contributed by atoms with Crippen molar-refractivity contribution in [3.63, 3.8) is 0 Å². The molecule has 1 amide bonds. The number of nitro benzene ring substituents is 1. The van der Waals surface area contributed by atoms with Crippen LogP contribution in [0.15, 0.2) is 36.4 Å². The Morgan fingerprint density at radius 2 is 1.96 bits per heavy atom. The molecule has 0 atom stereocenters. The summed E-state index contributed by atoms with van der Waals surface area (Å²) in [6.07, 6.45) is 0. The van der Waals surface area contributed by atoms with Crippen molar-refractivity contribution >= 4 is 41.5 Å². The smallest absolute Gasteiger partial charge is 0.423 e. The van der Waals surface area contributed by atoms with Crippen molar-refractivity contribution in [1.29, 1.82) is 0 Å². The van der Waals surface area contributed by atoms with E-state index >= 15 is 0 Å². The molecule has 23 heavy (non-hydrogen) atoms. The summed E-state index contributed by atoms with van der Waals surface area (Å²) in [5.74, 6) is -1.56. The van der Waals surface area contributed by atoms with Crippen LogP contribution < -0.4 is 10.8 Å². The standard InChI is InChI=1S/C13H9BClFN2O5/c15-10-6-8(18(22)23)2-4-12(10)17-13(19)7-1-3-11(16)9(5-7)14(20)21/h1-6,20-21H,(H,17,19). The molecule has 2 aromatic carbocycles. The Morgan fingerprint density at radius 3 is 2.52 bits per heavy atom. The molecule has 0 radical (unpaired) electrons. The van der Waals surface area contributed by atoms with E-state index in [0.29, 0.717) is 0 Å². The predicted octanol–water partition coefficient (Wildman–Crippen LogP) is 1.32. The van der Waals surface area contributed by atoms with E-state index in [4.69, 9.17) is 21.6 Å². The van der Waals surface area contributed by atoms with E-state index in [1.807, 2.05) is 0 Å². The molecule has 0 heterocycles. The second-order valence-electron chi connectivity index (χ2n) is 4.49. The summed E-state index contributed by atoms with van der Waals surface area (Å²) in [6, 6.07) is 6.54. The Bertz CT molecular complexity index is 787. The number of anilines is 1. The highest BCUT2D eigenvalue weighted by Crippen LogP contribution is 2.27. The van der Waals surface area contributed by atoms with E-state index in [1.54, 1.807) is 0 Å². The molecule has 0 aliphatic rings. The zero-order chi connectivity index (χ0) is 17.1. The monoisotopic (exact) mass is 338 g/mol. The Labute approximate surface area is 134 Å². The molecule has 0 fully saturated rings. The van der Waals surface area contributed by atoms with Gasteiger partial charge in [-0.15, -0.1) is 0 Å². The number of nitrogens with one attached hydrogen (secondary N) is 1. The number of nitrogens with zero attached hydrogens (tertiary/aromatic N) is 1. The number of rotatable bonds is 4. The SMILES string of the molecule is O=C(Nc1ccc([N+](=O)[O-])cc1Cl)c1ccc(F)c(B(O)O)c1. The van der Waals surface area contributed by atoms with E-state index in [9.17, 15) is 19.3 Å². The number of amides is 1. The summed E-state index contributed by atoms with van der Waals surface area (Å²) in [6.45, 7) is 0. The average Bonchev–Trinajstić information content (AvgIpc) is 2.49. The first-order valence-corrected chi connectivity index (χ1v) is 6.58. The van der Waals surface area contributed by atoms with E-state index in [2.05, 4.69) is 5.32 Å². The summed E-state index contributed by atoms with van der Waals surface area (Å²) in [5, 5.41) is 31.0. The molecule has 0 unspecified atom stereocenters. The van der Waals surface area contributed by atoms with Crippen LogP contribution in [0.2, 0.25) is 5.02 Å². The molecule has 2 rings (SSSR count). The van der Waals surface area contributed by atoms with Crippen molar-refractivity contribution in [3.05, 3.63) is 62.9 Å². The molecule has 10 heteroatoms. The van der Waals surface area contributed by atoms with Crippen LogP contribution in [-0.2, 0) is 0 Å². The molecule has 3 N–H and O–H groups in total. The molecule has 0 aromatic heterocycles. The molecule has 0 aliphatic heterocycles. The number of carbonyl (C=O) groups excluding carboxylic acids is 1. The maximum absolute atomic E-state index is 13.4. The van der Waals surface area contributed by atoms with Crippen LogP contribution in [-0.4, -0.2) is 28.0 Å². The minimum Gasteiger partial charge on any atom is -0.423 e. The van der Waals surface area contributed by atoms with Crippen molar-refractivity contribution in [2.75, 3.05) is 5.32 Å². The molecule has 2 aromatic rings. The highest BCUT2D eigenvalue weighted by Gasteiger charge is 2.19. The van der Waals surface area contributed by atoms with Gasteiger partial charge >= 0.3 is 7.12 Å². The van der Waals surface area contributed by atoms with Gasteiger partial charge in [-0.25, -0.2) is 4.39 Å². The summed E-state index contributed by atoms with van der Waals surface area (Å²) in [4.78, 5) is 22.1. The van der Waals surface area contributed by atoms with E-state index in [0.717, 1.165) is 30.3 Å². The van der Waals surface area contributed by atoms with Crippen molar-refractivity contribution in [1.82, 2.24) is 0 Å². The van der Waals surface area contributed by atoms with Gasteiger partial charge in [-0.3, -0.25) is 14.9 Å². The van der Waals surface area contributed by atoms with Gasteiger partial charge < -0.3 is 15.4 Å². The van der Waals surface area contributed by atoms with Gasteiger partial charge in [0.2, 0.25) is 0 Å². The summed E-state index contributed by atoms with van der Waals surface area (Å²) >= 11 is 5.85. The second-order valence-corrected chi connectivity index (χ2v) is 4.89. The quantitative estimate of drug-likeness (QED) is 0.442. The minimum absolute atomic E-state index is 0.0380. The van der Waals surface area contributed by atoms with Crippen LogP contribution in [0.4, 0.5) is 15.8 Å². The average molecular weight is 338 g/mol. The lowest BCUT2D eigenvalue weighted by Gasteiger charge is -2.09. The van der Waals surface area contributed by atoms with Crippen molar-refractivity contribution in [3.8, 4) is 0 Å². The third-order valence-electron chi connectivity index (χ3n) is 2.95. The number of benzene rings is 2. The largest absolute Gasteiger partial charge is 0.491 e. The lowest BCUT2D eigenvalue weighted by molar-refractivity contribution is -0.384. The van der Waals surface area contributed by atoms with Gasteiger partial charge in [0.15, 0.2) is 0 Å². The van der Waals surface area contributed by atoms with Crippen LogP contribution in [0.5, 0.6) is 0 Å². The van der Waals surface area contributed by atoms with Crippen molar-refractivity contribution in [2.24, 2.45) is 0 Å². The normalized spacial score (nSPS) is 10.3. The van der Waals surface area contributed by atoms with Gasteiger partial charge in [0, 0.05) is 23.2 Å². The van der Waals surface area contributed by atoms with Crippen molar-refractivity contribution in [2.45, 2.75) is 0 Å². The van der Waals surface area contributed by atoms with Gasteiger partial charge in [0.1, 0.15) is 5.82 Å². The zero-order valence-electron chi connectivity index (χ0n) is 11.4. The van der Waals surface area contributed by atoms with Crippen molar-refractivity contribution < 1.29 is 24.2 Å². The summed E-state index contributed by atoms with van der Waals surface area (Å²) in [7, 11) is -2.06. The van der Waals surface area contributed by atoms with Crippen LogP contribution >= 0.6 is 11.6 Å². The fourth-order valence-electron chi connectivity index (χ4n) is 1.80. The van der Waals surface area contributed by atoms with Gasteiger partial charge in [0.05, 0.1) is 15.6 Å². The summed E-state index contributed by atoms with van der Waals surface area (Å²) in [5.41, 5.74) is -0.602.